The molecule has 7 nitrogen and oxygen atoms in total. The van der Waals surface area contributed by atoms with Crippen LogP contribution in [-0.2, 0) is 11.3 Å². The van der Waals surface area contributed by atoms with Crippen LogP contribution in [0.5, 0.6) is 0 Å². The molecule has 0 saturated heterocycles. The number of esters is 1. The van der Waals surface area contributed by atoms with Gasteiger partial charge in [-0.3, -0.25) is 0 Å². The summed E-state index contributed by atoms with van der Waals surface area (Å²) in [6.45, 7) is 4.21. The van der Waals surface area contributed by atoms with Crippen LogP contribution >= 0.6 is 12.2 Å². The van der Waals surface area contributed by atoms with Gasteiger partial charge in [0, 0.05) is 11.3 Å². The summed E-state index contributed by atoms with van der Waals surface area (Å²) in [7, 11) is 0. The van der Waals surface area contributed by atoms with Crippen LogP contribution in [0.15, 0.2) is 53.1 Å². The predicted octanol–water partition coefficient (Wildman–Crippen LogP) is 3.71. The number of carbonyl (C=O) groups is 1. The third kappa shape index (κ3) is 4.72. The molecular weight excluding hydrogens is 376 g/mol. The fourth-order valence-corrected chi connectivity index (χ4v) is 2.74. The fourth-order valence-electron chi connectivity index (χ4n) is 2.55. The second-order valence-corrected chi connectivity index (χ2v) is 6.29. The van der Waals surface area contributed by atoms with Gasteiger partial charge in [-0.25, -0.2) is 4.79 Å². The highest BCUT2D eigenvalue weighted by Crippen LogP contribution is 2.20. The minimum absolute atomic E-state index is 0.280. The zero-order chi connectivity index (χ0) is 19.9. The Kier molecular flexibility index (Phi) is 6.33. The molecule has 0 unspecified atom stereocenters. The summed E-state index contributed by atoms with van der Waals surface area (Å²) in [5.41, 5.74) is 2.86. The van der Waals surface area contributed by atoms with Crippen LogP contribution in [-0.4, -0.2) is 27.8 Å². The molecule has 0 saturated carbocycles. The number of thiocarbonyl (C=S) groups is 1. The van der Waals surface area contributed by atoms with Gasteiger partial charge in [-0.1, -0.05) is 41.6 Å². The number of rotatable bonds is 6. The lowest BCUT2D eigenvalue weighted by Crippen LogP contribution is -2.28. The molecule has 3 aromatic rings. The molecular formula is C20H20N4O3S. The number of nitrogens with one attached hydrogen (secondary N) is 2. The maximum atomic E-state index is 12.0. The smallest absolute Gasteiger partial charge is 0.338 e. The van der Waals surface area contributed by atoms with Crippen molar-refractivity contribution < 1.29 is 14.1 Å². The van der Waals surface area contributed by atoms with Gasteiger partial charge >= 0.3 is 5.97 Å². The third-order valence-electron chi connectivity index (χ3n) is 3.98. The number of ether oxygens (including phenoxy) is 1. The van der Waals surface area contributed by atoms with Gasteiger partial charge in [0.05, 0.1) is 18.7 Å². The summed E-state index contributed by atoms with van der Waals surface area (Å²) in [5.74, 6) is 0.580. The Bertz CT molecular complexity index is 973. The van der Waals surface area contributed by atoms with Crippen LogP contribution < -0.4 is 10.6 Å². The minimum atomic E-state index is -0.359. The normalized spacial score (nSPS) is 10.4. The average Bonchev–Trinajstić information content (AvgIpc) is 3.18. The van der Waals surface area contributed by atoms with E-state index in [2.05, 4.69) is 20.8 Å². The van der Waals surface area contributed by atoms with Crippen molar-refractivity contribution >= 4 is 29.0 Å². The fraction of sp³-hybridized carbons (Fsp3) is 0.200. The van der Waals surface area contributed by atoms with E-state index in [9.17, 15) is 4.79 Å². The van der Waals surface area contributed by atoms with Gasteiger partial charge in [0.2, 0.25) is 11.7 Å². The van der Waals surface area contributed by atoms with Crippen molar-refractivity contribution in [3.05, 3.63) is 65.5 Å². The van der Waals surface area contributed by atoms with Gasteiger partial charge in [-0.15, -0.1) is 0 Å². The Hall–Kier alpha value is -3.26. The first-order valence-corrected chi connectivity index (χ1v) is 9.19. The number of benzene rings is 2. The summed E-state index contributed by atoms with van der Waals surface area (Å²) in [6, 6.07) is 14.9. The Balaban J connectivity index is 1.60. The van der Waals surface area contributed by atoms with Gasteiger partial charge in [0.15, 0.2) is 5.11 Å². The number of hydrogen-bond acceptors (Lipinski definition) is 6. The largest absolute Gasteiger partial charge is 0.462 e. The monoisotopic (exact) mass is 396 g/mol. The van der Waals surface area contributed by atoms with Crippen LogP contribution in [0.1, 0.15) is 28.7 Å². The van der Waals surface area contributed by atoms with E-state index in [4.69, 9.17) is 21.5 Å². The zero-order valence-corrected chi connectivity index (χ0v) is 16.4. The van der Waals surface area contributed by atoms with Gasteiger partial charge in [-0.2, -0.15) is 4.98 Å². The Morgan fingerprint density at radius 3 is 2.71 bits per heavy atom. The highest BCUT2D eigenvalue weighted by molar-refractivity contribution is 7.80. The maximum absolute atomic E-state index is 12.0. The third-order valence-corrected chi connectivity index (χ3v) is 4.22. The molecule has 2 aromatic carbocycles. The first-order valence-electron chi connectivity index (χ1n) is 8.78. The van der Waals surface area contributed by atoms with E-state index in [-0.39, 0.29) is 12.5 Å². The van der Waals surface area contributed by atoms with Crippen LogP contribution in [0.3, 0.4) is 0 Å². The van der Waals surface area contributed by atoms with Crippen molar-refractivity contribution in [2.24, 2.45) is 0 Å². The summed E-state index contributed by atoms with van der Waals surface area (Å²) < 4.78 is 10.3. The SMILES string of the molecule is CCOC(=O)c1cccc(NC(=S)NCc2nc(-c3ccccc3)no2)c1C. The predicted molar refractivity (Wildman–Crippen MR) is 110 cm³/mol. The molecule has 0 aliphatic rings. The zero-order valence-electron chi connectivity index (χ0n) is 15.6. The van der Waals surface area contributed by atoms with Crippen LogP contribution in [0.4, 0.5) is 5.69 Å². The standard InChI is InChI=1S/C20H20N4O3S/c1-3-26-19(25)15-10-7-11-16(13(15)2)22-20(28)21-12-17-23-18(24-27-17)14-8-5-4-6-9-14/h4-11H,3,12H2,1-2H3,(H2,21,22,28). The number of carbonyl (C=O) groups excluding carboxylic acids is 1. The van der Waals surface area contributed by atoms with Crippen molar-refractivity contribution in [1.29, 1.82) is 0 Å². The second-order valence-electron chi connectivity index (χ2n) is 5.88. The van der Waals surface area contributed by atoms with Crippen molar-refractivity contribution in [3.63, 3.8) is 0 Å². The van der Waals surface area contributed by atoms with Crippen molar-refractivity contribution in [2.45, 2.75) is 20.4 Å². The molecule has 1 aromatic heterocycles. The van der Waals surface area contributed by atoms with E-state index in [0.717, 1.165) is 16.8 Å². The first-order chi connectivity index (χ1) is 13.6. The van der Waals surface area contributed by atoms with E-state index >= 15 is 0 Å². The molecule has 2 N–H and O–H groups in total. The van der Waals surface area contributed by atoms with Crippen molar-refractivity contribution in [3.8, 4) is 11.4 Å². The number of nitrogens with zero attached hydrogens (tertiary/aromatic N) is 2. The molecule has 0 atom stereocenters. The average molecular weight is 396 g/mol. The van der Waals surface area contributed by atoms with E-state index in [1.807, 2.05) is 43.3 Å². The summed E-state index contributed by atoms with van der Waals surface area (Å²) in [5, 5.41) is 10.4. The highest BCUT2D eigenvalue weighted by atomic mass is 32.1. The molecule has 0 amide bonds. The summed E-state index contributed by atoms with van der Waals surface area (Å²) >= 11 is 5.33. The Morgan fingerprint density at radius 2 is 1.96 bits per heavy atom. The molecule has 0 fully saturated rings. The lowest BCUT2D eigenvalue weighted by molar-refractivity contribution is 0.0525. The molecule has 1 heterocycles. The van der Waals surface area contributed by atoms with Gasteiger partial charge in [-0.05, 0) is 43.8 Å². The number of hydrogen-bond donors (Lipinski definition) is 2. The van der Waals surface area contributed by atoms with E-state index in [0.29, 0.717) is 29.0 Å². The van der Waals surface area contributed by atoms with Gasteiger partial charge < -0.3 is 19.9 Å². The minimum Gasteiger partial charge on any atom is -0.462 e. The molecule has 8 heteroatoms. The van der Waals surface area contributed by atoms with Gasteiger partial charge in [0.1, 0.15) is 0 Å². The molecule has 0 spiro atoms. The number of aromatic nitrogens is 2. The highest BCUT2D eigenvalue weighted by Gasteiger charge is 2.13. The Labute approximate surface area is 168 Å². The van der Waals surface area contributed by atoms with E-state index < -0.39 is 0 Å². The lowest BCUT2D eigenvalue weighted by Gasteiger charge is -2.13. The van der Waals surface area contributed by atoms with Crippen LogP contribution in [0, 0.1) is 6.92 Å². The molecule has 28 heavy (non-hydrogen) atoms. The molecule has 0 radical (unpaired) electrons. The van der Waals surface area contributed by atoms with Crippen molar-refractivity contribution in [1.82, 2.24) is 15.5 Å². The number of anilines is 1. The quantitative estimate of drug-likeness (QED) is 0.481. The van der Waals surface area contributed by atoms with Crippen LogP contribution in [0.2, 0.25) is 0 Å². The molecule has 144 valence electrons. The topological polar surface area (TPSA) is 89.3 Å². The molecule has 0 aliphatic heterocycles. The van der Waals surface area contributed by atoms with E-state index in [1.54, 1.807) is 19.1 Å². The molecule has 3 rings (SSSR count). The summed E-state index contributed by atoms with van der Waals surface area (Å²) in [6.07, 6.45) is 0. The molecule has 0 aliphatic carbocycles. The van der Waals surface area contributed by atoms with Gasteiger partial charge in [0.25, 0.3) is 0 Å². The van der Waals surface area contributed by atoms with Crippen molar-refractivity contribution in [2.75, 3.05) is 11.9 Å². The van der Waals surface area contributed by atoms with Crippen LogP contribution in [0.25, 0.3) is 11.4 Å². The first kappa shape index (κ1) is 19.5. The maximum Gasteiger partial charge on any atom is 0.338 e. The summed E-state index contributed by atoms with van der Waals surface area (Å²) in [4.78, 5) is 16.4. The lowest BCUT2D eigenvalue weighted by atomic mass is 10.1. The molecule has 0 bridgehead atoms. The second kappa shape index (κ2) is 9.09. The van der Waals surface area contributed by atoms with E-state index in [1.165, 1.54) is 0 Å². The Morgan fingerprint density at radius 1 is 1.18 bits per heavy atom.